The molecule has 1 aromatic heterocycles. The summed E-state index contributed by atoms with van der Waals surface area (Å²) in [7, 11) is 0. The van der Waals surface area contributed by atoms with Crippen molar-refractivity contribution in [3.8, 4) is 6.07 Å². The summed E-state index contributed by atoms with van der Waals surface area (Å²) in [5, 5.41) is 10.2. The van der Waals surface area contributed by atoms with E-state index in [1.165, 1.54) is 12.5 Å². The van der Waals surface area contributed by atoms with Gasteiger partial charge in [-0.15, -0.1) is 0 Å². The molecule has 0 spiro atoms. The fourth-order valence-electron chi connectivity index (χ4n) is 2.95. The number of esters is 1. The maximum atomic E-state index is 12.6. The van der Waals surface area contributed by atoms with E-state index in [-0.39, 0.29) is 16.8 Å². The van der Waals surface area contributed by atoms with Crippen molar-refractivity contribution >= 4 is 23.8 Å². The minimum Gasteiger partial charge on any atom is -0.461 e. The van der Waals surface area contributed by atoms with Gasteiger partial charge in [0.05, 0.1) is 6.61 Å². The van der Waals surface area contributed by atoms with Gasteiger partial charge >= 0.3 is 5.97 Å². The maximum absolute atomic E-state index is 12.6. The lowest BCUT2D eigenvalue weighted by molar-refractivity contribution is -0.138. The number of rotatable bonds is 9. The summed E-state index contributed by atoms with van der Waals surface area (Å²) in [6.45, 7) is 9.72. The first-order valence-corrected chi connectivity index (χ1v) is 9.42. The summed E-state index contributed by atoms with van der Waals surface area (Å²) < 4.78 is 5.43. The summed E-state index contributed by atoms with van der Waals surface area (Å²) in [4.78, 5) is 29.1. The van der Waals surface area contributed by atoms with Gasteiger partial charge in [-0.2, -0.15) is 5.26 Å². The number of aromatic nitrogens is 2. The predicted octanol–water partition coefficient (Wildman–Crippen LogP) is 2.49. The zero-order chi connectivity index (χ0) is 20.5. The molecule has 2 heterocycles. The second-order valence-electron chi connectivity index (χ2n) is 6.53. The third-order valence-electron chi connectivity index (χ3n) is 4.64. The van der Waals surface area contributed by atoms with E-state index in [4.69, 9.17) is 4.74 Å². The summed E-state index contributed by atoms with van der Waals surface area (Å²) in [6, 6.07) is 1.93. The molecule has 0 N–H and O–H groups in total. The van der Waals surface area contributed by atoms with Gasteiger partial charge in [-0.1, -0.05) is 33.1 Å². The highest BCUT2D eigenvalue weighted by Crippen LogP contribution is 2.20. The van der Waals surface area contributed by atoms with Crippen LogP contribution >= 0.6 is 0 Å². The first-order valence-electron chi connectivity index (χ1n) is 9.42. The topological polar surface area (TPSA) is 101 Å². The molecular formula is C21H25N5O2. The molecule has 1 aliphatic heterocycles. The van der Waals surface area contributed by atoms with Crippen LogP contribution in [0.2, 0.25) is 0 Å². The van der Waals surface area contributed by atoms with Gasteiger partial charge in [0.15, 0.2) is 5.57 Å². The number of nitriles is 1. The Morgan fingerprint density at radius 2 is 2.21 bits per heavy atom. The average molecular weight is 379 g/mol. The number of carbonyl (C=O) groups excluding carboxylic acids is 1. The molecule has 0 aliphatic carbocycles. The lowest BCUT2D eigenvalue weighted by atomic mass is 10.0. The third kappa shape index (κ3) is 4.77. The summed E-state index contributed by atoms with van der Waals surface area (Å²) in [5.74, 6) is -0.389. The Kier molecular flexibility index (Phi) is 7.76. The SMILES string of the molecule is C=N/C=C\C1=C(C)N=c2c1ncn/c2=C(\C#N)C(=O)OCC(CC)CCCC. The molecule has 7 heteroatoms. The van der Waals surface area contributed by atoms with Crippen LogP contribution in [0, 0.1) is 17.2 Å². The molecule has 28 heavy (non-hydrogen) atoms. The zero-order valence-electron chi connectivity index (χ0n) is 16.6. The van der Waals surface area contributed by atoms with Crippen molar-refractivity contribution in [2.75, 3.05) is 6.61 Å². The fourth-order valence-corrected chi connectivity index (χ4v) is 2.95. The number of aliphatic imine (C=N–C) groups is 1. The van der Waals surface area contributed by atoms with Gasteiger partial charge < -0.3 is 4.74 Å². The van der Waals surface area contributed by atoms with Crippen molar-refractivity contribution in [3.05, 3.63) is 40.7 Å². The molecule has 0 fully saturated rings. The molecular weight excluding hydrogens is 354 g/mol. The summed E-state index contributed by atoms with van der Waals surface area (Å²) in [5.41, 5.74) is 1.85. The molecule has 0 radical (unpaired) electrons. The molecule has 1 aliphatic rings. The number of nitrogens with zero attached hydrogens (tertiary/aromatic N) is 5. The zero-order valence-corrected chi connectivity index (χ0v) is 16.6. The summed E-state index contributed by atoms with van der Waals surface area (Å²) in [6.07, 6.45) is 8.69. The van der Waals surface area contributed by atoms with E-state index in [1.807, 2.05) is 13.0 Å². The number of hydrogen-bond donors (Lipinski definition) is 0. The minimum atomic E-state index is -0.678. The number of hydrogen-bond acceptors (Lipinski definition) is 7. The number of fused-ring (bicyclic) bond motifs is 1. The Bertz CT molecular complexity index is 969. The Morgan fingerprint density at radius 3 is 2.86 bits per heavy atom. The van der Waals surface area contributed by atoms with E-state index in [9.17, 15) is 10.1 Å². The quantitative estimate of drug-likeness (QED) is 0.485. The molecule has 1 unspecified atom stereocenters. The molecule has 146 valence electrons. The Hall–Kier alpha value is -3.14. The molecule has 1 aromatic rings. The lowest BCUT2D eigenvalue weighted by Crippen LogP contribution is -2.35. The number of ether oxygens (including phenoxy) is 1. The molecule has 7 nitrogen and oxygen atoms in total. The second kappa shape index (κ2) is 10.3. The van der Waals surface area contributed by atoms with Crippen LogP contribution in [0.3, 0.4) is 0 Å². The number of allylic oxidation sites excluding steroid dienone is 3. The number of carbonyl (C=O) groups is 1. The monoisotopic (exact) mass is 379 g/mol. The highest BCUT2D eigenvalue weighted by Gasteiger charge is 2.21. The van der Waals surface area contributed by atoms with Crippen molar-refractivity contribution in [2.24, 2.45) is 15.9 Å². The van der Waals surface area contributed by atoms with E-state index in [2.05, 4.69) is 40.5 Å². The number of unbranched alkanes of at least 4 members (excludes halogenated alkanes) is 1. The molecule has 1 atom stereocenters. The van der Waals surface area contributed by atoms with Gasteiger partial charge in [0, 0.05) is 17.5 Å². The largest absolute Gasteiger partial charge is 0.461 e. The van der Waals surface area contributed by atoms with E-state index in [0.29, 0.717) is 23.4 Å². The van der Waals surface area contributed by atoms with Crippen LogP contribution in [0.25, 0.3) is 11.1 Å². The Morgan fingerprint density at radius 1 is 1.43 bits per heavy atom. The molecule has 0 saturated carbocycles. The van der Waals surface area contributed by atoms with Crippen molar-refractivity contribution < 1.29 is 9.53 Å². The van der Waals surface area contributed by atoms with Crippen molar-refractivity contribution in [2.45, 2.75) is 46.5 Å². The van der Waals surface area contributed by atoms with Crippen LogP contribution < -0.4 is 10.7 Å². The smallest absolute Gasteiger partial charge is 0.351 e. The van der Waals surface area contributed by atoms with E-state index in [0.717, 1.165) is 31.3 Å². The average Bonchev–Trinajstić information content (AvgIpc) is 3.03. The lowest BCUT2D eigenvalue weighted by Gasteiger charge is -2.14. The molecule has 0 amide bonds. The molecule has 2 rings (SSSR count). The Balaban J connectivity index is 2.37. The Labute approximate surface area is 164 Å². The first-order chi connectivity index (χ1) is 13.6. The van der Waals surface area contributed by atoms with E-state index >= 15 is 0 Å². The van der Waals surface area contributed by atoms with Gasteiger partial charge in [0.1, 0.15) is 28.8 Å². The van der Waals surface area contributed by atoms with Crippen LogP contribution in [0.4, 0.5) is 0 Å². The van der Waals surface area contributed by atoms with Crippen LogP contribution in [-0.2, 0) is 9.53 Å². The van der Waals surface area contributed by atoms with Gasteiger partial charge in [-0.3, -0.25) is 4.99 Å². The van der Waals surface area contributed by atoms with Crippen molar-refractivity contribution in [1.29, 1.82) is 5.26 Å². The normalized spacial score (nSPS) is 14.9. The second-order valence-corrected chi connectivity index (χ2v) is 6.53. The standard InChI is InChI=1S/C21H25N5O2/c1-5-7-8-15(6-2)12-28-21(27)17(11-22)19-20-18(24-13-25-19)16(9-10-23-4)14(3)26-20/h9-10,13,15H,4-8,12H2,1-3H3/b10-9-,19-17+. The summed E-state index contributed by atoms with van der Waals surface area (Å²) >= 11 is 0. The highest BCUT2D eigenvalue weighted by molar-refractivity contribution is 6.15. The van der Waals surface area contributed by atoms with Gasteiger partial charge in [0.2, 0.25) is 0 Å². The van der Waals surface area contributed by atoms with Crippen LogP contribution in [0.5, 0.6) is 0 Å². The van der Waals surface area contributed by atoms with Crippen LogP contribution in [0.1, 0.15) is 52.1 Å². The van der Waals surface area contributed by atoms with Crippen LogP contribution in [-0.4, -0.2) is 29.3 Å². The van der Waals surface area contributed by atoms with Gasteiger partial charge in [-0.05, 0) is 32.1 Å². The van der Waals surface area contributed by atoms with Gasteiger partial charge in [-0.25, -0.2) is 19.8 Å². The van der Waals surface area contributed by atoms with Crippen molar-refractivity contribution in [3.63, 3.8) is 0 Å². The first kappa shape index (κ1) is 21.2. The molecule has 0 bridgehead atoms. The van der Waals surface area contributed by atoms with E-state index in [1.54, 1.807) is 6.08 Å². The van der Waals surface area contributed by atoms with E-state index < -0.39 is 5.97 Å². The maximum Gasteiger partial charge on any atom is 0.351 e. The van der Waals surface area contributed by atoms with Crippen molar-refractivity contribution in [1.82, 2.24) is 9.97 Å². The highest BCUT2D eigenvalue weighted by atomic mass is 16.5. The van der Waals surface area contributed by atoms with Gasteiger partial charge in [0.25, 0.3) is 0 Å². The molecule has 0 saturated heterocycles. The third-order valence-corrected chi connectivity index (χ3v) is 4.64. The fraction of sp³-hybridized carbons (Fsp3) is 0.429. The minimum absolute atomic E-state index is 0.160. The predicted molar refractivity (Wildman–Crippen MR) is 107 cm³/mol. The van der Waals surface area contributed by atoms with Crippen LogP contribution in [0.15, 0.2) is 34.3 Å². The molecule has 0 aromatic carbocycles.